The molecule has 2 aliphatic carbocycles. The maximum Gasteiger partial charge on any atom is 0.222 e. The second-order valence-electron chi connectivity index (χ2n) is 7.50. The molecule has 2 saturated carbocycles. The Hall–Kier alpha value is -1.11. The summed E-state index contributed by atoms with van der Waals surface area (Å²) in [5, 5.41) is 3.44. The lowest BCUT2D eigenvalue weighted by Crippen LogP contribution is -2.35. The first-order valence-electron chi connectivity index (χ1n) is 9.35. The highest BCUT2D eigenvalue weighted by Gasteiger charge is 2.32. The number of amides is 1. The Kier molecular flexibility index (Phi) is 7.50. The van der Waals surface area contributed by atoms with E-state index in [4.69, 9.17) is 15.7 Å². The molecule has 3 N–H and O–H groups in total. The van der Waals surface area contributed by atoms with Crippen LogP contribution in [0.1, 0.15) is 68.3 Å². The van der Waals surface area contributed by atoms with Gasteiger partial charge in [-0.15, -0.1) is 24.8 Å². The minimum atomic E-state index is 0. The number of carbonyl (C=O) groups is 1. The molecule has 2 heterocycles. The fourth-order valence-electron chi connectivity index (χ4n) is 3.64. The van der Waals surface area contributed by atoms with Crippen molar-refractivity contribution in [2.24, 2.45) is 5.73 Å². The minimum absolute atomic E-state index is 0. The van der Waals surface area contributed by atoms with Gasteiger partial charge >= 0.3 is 0 Å². The van der Waals surface area contributed by atoms with Gasteiger partial charge in [-0.3, -0.25) is 4.79 Å². The van der Waals surface area contributed by atoms with Crippen molar-refractivity contribution >= 4 is 36.5 Å². The van der Waals surface area contributed by atoms with Crippen molar-refractivity contribution in [3.8, 4) is 0 Å². The molecule has 4 rings (SSSR count). The standard InChI is InChI=1S/C18H27N5O.2ClH/c19-14-9-13(10-14)15-11-16(22-18(21-15)12-4-5-12)20-6-2-8-23-7-1-3-17(23)24;;/h11-14H,1-10,19H2,(H,20,21,22);2*1H. The molecule has 8 heteroatoms. The van der Waals surface area contributed by atoms with Gasteiger partial charge in [0.25, 0.3) is 0 Å². The van der Waals surface area contributed by atoms with Crippen molar-refractivity contribution in [2.45, 2.75) is 62.8 Å². The van der Waals surface area contributed by atoms with Crippen LogP contribution in [0.5, 0.6) is 0 Å². The van der Waals surface area contributed by atoms with Gasteiger partial charge in [-0.25, -0.2) is 9.97 Å². The lowest BCUT2D eigenvalue weighted by molar-refractivity contribution is -0.127. The molecular formula is C18H29Cl2N5O. The summed E-state index contributed by atoms with van der Waals surface area (Å²) in [5.41, 5.74) is 7.09. The van der Waals surface area contributed by atoms with Crippen molar-refractivity contribution in [1.82, 2.24) is 14.9 Å². The molecule has 1 aliphatic heterocycles. The van der Waals surface area contributed by atoms with Gasteiger partial charge in [0.2, 0.25) is 5.91 Å². The van der Waals surface area contributed by atoms with E-state index in [1.54, 1.807) is 0 Å². The first-order valence-corrected chi connectivity index (χ1v) is 9.35. The van der Waals surface area contributed by atoms with Crippen molar-refractivity contribution in [2.75, 3.05) is 25.0 Å². The molecule has 0 spiro atoms. The van der Waals surface area contributed by atoms with E-state index in [2.05, 4.69) is 11.4 Å². The summed E-state index contributed by atoms with van der Waals surface area (Å²) in [6.45, 7) is 2.61. The van der Waals surface area contributed by atoms with Crippen LogP contribution < -0.4 is 11.1 Å². The van der Waals surface area contributed by atoms with Crippen molar-refractivity contribution in [1.29, 1.82) is 0 Å². The molecule has 146 valence electrons. The van der Waals surface area contributed by atoms with Crippen LogP contribution in [-0.2, 0) is 4.79 Å². The van der Waals surface area contributed by atoms with Crippen LogP contribution in [0.25, 0.3) is 0 Å². The Labute approximate surface area is 167 Å². The average Bonchev–Trinajstić information content (AvgIpc) is 3.32. The molecule has 0 bridgehead atoms. The summed E-state index contributed by atoms with van der Waals surface area (Å²) in [6.07, 6.45) is 7.19. The second-order valence-corrected chi connectivity index (χ2v) is 7.50. The predicted molar refractivity (Wildman–Crippen MR) is 107 cm³/mol. The predicted octanol–water partition coefficient (Wildman–Crippen LogP) is 2.83. The van der Waals surface area contributed by atoms with E-state index in [1.807, 2.05) is 4.90 Å². The van der Waals surface area contributed by atoms with E-state index >= 15 is 0 Å². The number of nitrogens with one attached hydrogen (secondary N) is 1. The summed E-state index contributed by atoms with van der Waals surface area (Å²) in [5.74, 6) is 3.31. The van der Waals surface area contributed by atoms with Crippen LogP contribution in [0.15, 0.2) is 6.07 Å². The maximum absolute atomic E-state index is 11.6. The molecule has 3 aliphatic rings. The van der Waals surface area contributed by atoms with Crippen LogP contribution >= 0.6 is 24.8 Å². The van der Waals surface area contributed by atoms with Gasteiger partial charge in [0.05, 0.1) is 0 Å². The summed E-state index contributed by atoms with van der Waals surface area (Å²) < 4.78 is 0. The number of rotatable bonds is 7. The number of carbonyl (C=O) groups excluding carboxylic acids is 1. The van der Waals surface area contributed by atoms with Gasteiger partial charge in [0, 0.05) is 55.7 Å². The number of aromatic nitrogens is 2. The topological polar surface area (TPSA) is 84.1 Å². The van der Waals surface area contributed by atoms with E-state index in [-0.39, 0.29) is 24.8 Å². The quantitative estimate of drug-likeness (QED) is 0.686. The van der Waals surface area contributed by atoms with Crippen LogP contribution in [-0.4, -0.2) is 46.5 Å². The number of hydrogen-bond acceptors (Lipinski definition) is 5. The SMILES string of the molecule is Cl.Cl.NC1CC(c2cc(NCCCN3CCCC3=O)nc(C3CC3)n2)C1. The number of nitrogens with zero attached hydrogens (tertiary/aromatic N) is 3. The molecule has 1 saturated heterocycles. The summed E-state index contributed by atoms with van der Waals surface area (Å²) in [7, 11) is 0. The smallest absolute Gasteiger partial charge is 0.222 e. The number of hydrogen-bond donors (Lipinski definition) is 2. The van der Waals surface area contributed by atoms with Crippen LogP contribution in [0.4, 0.5) is 5.82 Å². The monoisotopic (exact) mass is 401 g/mol. The Morgan fingerprint density at radius 2 is 1.96 bits per heavy atom. The average molecular weight is 402 g/mol. The van der Waals surface area contributed by atoms with Crippen LogP contribution in [0.2, 0.25) is 0 Å². The molecule has 0 unspecified atom stereocenters. The fourth-order valence-corrected chi connectivity index (χ4v) is 3.64. The Balaban J connectivity index is 0.00000121. The molecule has 3 fully saturated rings. The number of nitrogens with two attached hydrogens (primary N) is 1. The second kappa shape index (κ2) is 9.20. The third-order valence-electron chi connectivity index (χ3n) is 5.38. The van der Waals surface area contributed by atoms with E-state index in [1.165, 1.54) is 12.8 Å². The minimum Gasteiger partial charge on any atom is -0.370 e. The molecular weight excluding hydrogens is 373 g/mol. The number of anilines is 1. The Morgan fingerprint density at radius 1 is 1.19 bits per heavy atom. The van der Waals surface area contributed by atoms with E-state index < -0.39 is 0 Å². The van der Waals surface area contributed by atoms with Gasteiger partial charge < -0.3 is 16.0 Å². The van der Waals surface area contributed by atoms with Crippen LogP contribution in [0, 0.1) is 0 Å². The van der Waals surface area contributed by atoms with E-state index in [9.17, 15) is 4.79 Å². The first kappa shape index (κ1) is 21.2. The lowest BCUT2D eigenvalue weighted by Gasteiger charge is -2.32. The summed E-state index contributed by atoms with van der Waals surface area (Å²) >= 11 is 0. The molecule has 1 aromatic heterocycles. The highest BCUT2D eigenvalue weighted by atomic mass is 35.5. The zero-order chi connectivity index (χ0) is 16.5. The summed E-state index contributed by atoms with van der Waals surface area (Å²) in [4.78, 5) is 23.1. The first-order chi connectivity index (χ1) is 11.7. The third-order valence-corrected chi connectivity index (χ3v) is 5.38. The van der Waals surface area contributed by atoms with Gasteiger partial charge in [0.15, 0.2) is 0 Å². The summed E-state index contributed by atoms with van der Waals surface area (Å²) in [6, 6.07) is 2.44. The number of halogens is 2. The van der Waals surface area contributed by atoms with Crippen molar-refractivity contribution in [3.63, 3.8) is 0 Å². The van der Waals surface area contributed by atoms with Gasteiger partial charge in [-0.05, 0) is 38.5 Å². The molecule has 1 amide bonds. The highest BCUT2D eigenvalue weighted by molar-refractivity contribution is 5.85. The molecule has 0 radical (unpaired) electrons. The largest absolute Gasteiger partial charge is 0.370 e. The van der Waals surface area contributed by atoms with E-state index in [0.717, 1.165) is 69.1 Å². The van der Waals surface area contributed by atoms with Crippen LogP contribution in [0.3, 0.4) is 0 Å². The molecule has 6 nitrogen and oxygen atoms in total. The maximum atomic E-state index is 11.6. The Morgan fingerprint density at radius 3 is 2.58 bits per heavy atom. The molecule has 0 aromatic carbocycles. The molecule has 26 heavy (non-hydrogen) atoms. The Bertz CT molecular complexity index is 620. The van der Waals surface area contributed by atoms with Crippen molar-refractivity contribution in [3.05, 3.63) is 17.6 Å². The lowest BCUT2D eigenvalue weighted by atomic mass is 9.78. The molecule has 1 aromatic rings. The highest BCUT2D eigenvalue weighted by Crippen LogP contribution is 2.41. The van der Waals surface area contributed by atoms with Gasteiger partial charge in [-0.1, -0.05) is 0 Å². The normalized spacial score (nSPS) is 24.5. The zero-order valence-corrected chi connectivity index (χ0v) is 16.7. The van der Waals surface area contributed by atoms with Crippen molar-refractivity contribution < 1.29 is 4.79 Å². The van der Waals surface area contributed by atoms with Gasteiger partial charge in [0.1, 0.15) is 11.6 Å². The third kappa shape index (κ3) is 4.99. The fraction of sp³-hybridized carbons (Fsp3) is 0.722. The zero-order valence-electron chi connectivity index (χ0n) is 15.0. The van der Waals surface area contributed by atoms with E-state index in [0.29, 0.717) is 23.8 Å². The molecule has 0 atom stereocenters. The number of likely N-dealkylation sites (tertiary alicyclic amines) is 1. The van der Waals surface area contributed by atoms with Gasteiger partial charge in [-0.2, -0.15) is 0 Å².